The molecule has 2 N–H and O–H groups in total. The Morgan fingerprint density at radius 1 is 0.914 bits per heavy atom. The van der Waals surface area contributed by atoms with Crippen LogP contribution < -0.4 is 20.2 Å². The molecule has 0 radical (unpaired) electrons. The standard InChI is InChI=1S/C26H25Cl2N3O4/c1-2-3-14-34-20-12-10-19(11-13-20)30-25(32)26(33)31-29-16-18-6-4-7-21(15-18)35-17-22-23(27)8-5-9-24(22)28/h4-13,15-16H,2-3,14,17H2,1H3,(H,30,32)(H,31,33)/b29-16-. The highest BCUT2D eigenvalue weighted by molar-refractivity contribution is 6.39. The van der Waals surface area contributed by atoms with E-state index in [1.54, 1.807) is 66.7 Å². The molecule has 0 fully saturated rings. The van der Waals surface area contributed by atoms with Crippen LogP contribution in [0.5, 0.6) is 11.5 Å². The number of hydrogen-bond donors (Lipinski definition) is 2. The third-order valence-corrected chi connectivity index (χ3v) is 5.48. The Balaban J connectivity index is 1.48. The fourth-order valence-corrected chi connectivity index (χ4v) is 3.39. The highest BCUT2D eigenvalue weighted by Gasteiger charge is 2.13. The van der Waals surface area contributed by atoms with Crippen LogP contribution in [-0.2, 0) is 16.2 Å². The van der Waals surface area contributed by atoms with E-state index in [0.29, 0.717) is 45.0 Å². The second kappa shape index (κ2) is 13.4. The number of nitrogens with zero attached hydrogens (tertiary/aromatic N) is 1. The zero-order valence-electron chi connectivity index (χ0n) is 19.1. The highest BCUT2D eigenvalue weighted by Crippen LogP contribution is 2.26. The third kappa shape index (κ3) is 8.31. The predicted molar refractivity (Wildman–Crippen MR) is 138 cm³/mol. The van der Waals surface area contributed by atoms with Crippen LogP contribution in [-0.4, -0.2) is 24.6 Å². The summed E-state index contributed by atoms with van der Waals surface area (Å²) in [5.41, 5.74) is 4.03. The third-order valence-electron chi connectivity index (χ3n) is 4.77. The maximum atomic E-state index is 12.1. The summed E-state index contributed by atoms with van der Waals surface area (Å²) in [6.45, 7) is 2.92. The van der Waals surface area contributed by atoms with Gasteiger partial charge in [0.15, 0.2) is 0 Å². The van der Waals surface area contributed by atoms with Crippen LogP contribution in [0, 0.1) is 0 Å². The Morgan fingerprint density at radius 2 is 1.63 bits per heavy atom. The second-order valence-electron chi connectivity index (χ2n) is 7.44. The molecular weight excluding hydrogens is 489 g/mol. The normalized spacial score (nSPS) is 10.7. The van der Waals surface area contributed by atoms with Crippen LogP contribution in [0.1, 0.15) is 30.9 Å². The average molecular weight is 514 g/mol. The smallest absolute Gasteiger partial charge is 0.329 e. The molecule has 2 amide bonds. The maximum absolute atomic E-state index is 12.1. The van der Waals surface area contributed by atoms with Gasteiger partial charge in [-0.3, -0.25) is 9.59 Å². The summed E-state index contributed by atoms with van der Waals surface area (Å²) in [6, 6.07) is 19.1. The van der Waals surface area contributed by atoms with Crippen molar-refractivity contribution in [3.8, 4) is 11.5 Å². The number of halogens is 2. The SMILES string of the molecule is CCCCOc1ccc(NC(=O)C(=O)N/N=C\c2cccc(OCc3c(Cl)cccc3Cl)c2)cc1. The van der Waals surface area contributed by atoms with Crippen LogP contribution in [0.15, 0.2) is 71.8 Å². The first-order chi connectivity index (χ1) is 17.0. The van der Waals surface area contributed by atoms with Gasteiger partial charge < -0.3 is 14.8 Å². The Bertz CT molecular complexity index is 1160. The first-order valence-electron chi connectivity index (χ1n) is 11.0. The van der Waals surface area contributed by atoms with Crippen LogP contribution in [0.3, 0.4) is 0 Å². The van der Waals surface area contributed by atoms with Gasteiger partial charge >= 0.3 is 11.8 Å². The lowest BCUT2D eigenvalue weighted by molar-refractivity contribution is -0.136. The number of anilines is 1. The molecule has 3 aromatic carbocycles. The van der Waals surface area contributed by atoms with Gasteiger partial charge in [-0.1, -0.05) is 54.7 Å². The Morgan fingerprint density at radius 3 is 2.34 bits per heavy atom. The van der Waals surface area contributed by atoms with Crippen molar-refractivity contribution in [2.75, 3.05) is 11.9 Å². The Labute approximate surface area is 214 Å². The minimum Gasteiger partial charge on any atom is -0.494 e. The summed E-state index contributed by atoms with van der Waals surface area (Å²) in [7, 11) is 0. The first kappa shape index (κ1) is 26.1. The second-order valence-corrected chi connectivity index (χ2v) is 8.26. The van der Waals surface area contributed by atoms with E-state index in [0.717, 1.165) is 12.8 Å². The molecule has 7 nitrogen and oxygen atoms in total. The molecule has 0 saturated heterocycles. The maximum Gasteiger partial charge on any atom is 0.329 e. The van der Waals surface area contributed by atoms with Crippen molar-refractivity contribution >= 4 is 46.9 Å². The van der Waals surface area contributed by atoms with Crippen molar-refractivity contribution < 1.29 is 19.1 Å². The fourth-order valence-electron chi connectivity index (χ4n) is 2.88. The van der Waals surface area contributed by atoms with E-state index < -0.39 is 11.8 Å². The number of hydrazone groups is 1. The van der Waals surface area contributed by atoms with Gasteiger partial charge in [-0.2, -0.15) is 5.10 Å². The molecule has 3 aromatic rings. The molecule has 0 aliphatic heterocycles. The monoisotopic (exact) mass is 513 g/mol. The summed E-state index contributed by atoms with van der Waals surface area (Å²) >= 11 is 12.3. The predicted octanol–water partition coefficient (Wildman–Crippen LogP) is 5.84. The topological polar surface area (TPSA) is 89.0 Å². The van der Waals surface area contributed by atoms with E-state index in [2.05, 4.69) is 22.8 Å². The van der Waals surface area contributed by atoms with Crippen molar-refractivity contribution in [2.24, 2.45) is 5.10 Å². The summed E-state index contributed by atoms with van der Waals surface area (Å²) in [5, 5.41) is 7.40. The molecule has 0 heterocycles. The Kier molecular flexibility index (Phi) is 9.95. The number of rotatable bonds is 10. The molecule has 0 aliphatic carbocycles. The quantitative estimate of drug-likeness (QED) is 0.154. The van der Waals surface area contributed by atoms with Gasteiger partial charge in [0, 0.05) is 21.3 Å². The molecule has 182 valence electrons. The zero-order chi connectivity index (χ0) is 25.0. The minimum atomic E-state index is -0.898. The molecule has 9 heteroatoms. The van der Waals surface area contributed by atoms with E-state index >= 15 is 0 Å². The van der Waals surface area contributed by atoms with Gasteiger partial charge in [0.05, 0.1) is 12.8 Å². The van der Waals surface area contributed by atoms with E-state index in [1.165, 1.54) is 6.21 Å². The van der Waals surface area contributed by atoms with Crippen LogP contribution in [0.2, 0.25) is 10.0 Å². The molecule has 0 saturated carbocycles. The van der Waals surface area contributed by atoms with Gasteiger partial charge in [-0.25, -0.2) is 5.43 Å². The lowest BCUT2D eigenvalue weighted by Crippen LogP contribution is -2.32. The van der Waals surface area contributed by atoms with Crippen LogP contribution in [0.4, 0.5) is 5.69 Å². The Hall–Kier alpha value is -3.55. The number of ether oxygens (including phenoxy) is 2. The lowest BCUT2D eigenvalue weighted by atomic mass is 10.2. The first-order valence-corrected chi connectivity index (χ1v) is 11.7. The van der Waals surface area contributed by atoms with E-state index in [-0.39, 0.29) is 6.61 Å². The van der Waals surface area contributed by atoms with Gasteiger partial charge in [0.2, 0.25) is 0 Å². The molecule has 0 spiro atoms. The number of nitrogens with one attached hydrogen (secondary N) is 2. The number of benzene rings is 3. The van der Waals surface area contributed by atoms with Crippen molar-refractivity contribution in [3.05, 3.63) is 87.9 Å². The molecule has 0 unspecified atom stereocenters. The molecular formula is C26H25Cl2N3O4. The largest absolute Gasteiger partial charge is 0.494 e. The summed E-state index contributed by atoms with van der Waals surface area (Å²) in [4.78, 5) is 24.2. The van der Waals surface area contributed by atoms with Gasteiger partial charge in [-0.05, 0) is 60.5 Å². The van der Waals surface area contributed by atoms with E-state index in [4.69, 9.17) is 32.7 Å². The van der Waals surface area contributed by atoms with Crippen LogP contribution >= 0.6 is 23.2 Å². The van der Waals surface area contributed by atoms with Gasteiger partial charge in [0.25, 0.3) is 0 Å². The van der Waals surface area contributed by atoms with Crippen molar-refractivity contribution in [1.82, 2.24) is 5.43 Å². The van der Waals surface area contributed by atoms with Gasteiger partial charge in [0.1, 0.15) is 18.1 Å². The van der Waals surface area contributed by atoms with Crippen molar-refractivity contribution in [1.29, 1.82) is 0 Å². The number of carbonyl (C=O) groups is 2. The van der Waals surface area contributed by atoms with Crippen molar-refractivity contribution in [3.63, 3.8) is 0 Å². The highest BCUT2D eigenvalue weighted by atomic mass is 35.5. The summed E-state index contributed by atoms with van der Waals surface area (Å²) in [6.07, 6.45) is 3.42. The van der Waals surface area contributed by atoms with Crippen LogP contribution in [0.25, 0.3) is 0 Å². The average Bonchev–Trinajstić information content (AvgIpc) is 2.85. The molecule has 0 atom stereocenters. The van der Waals surface area contributed by atoms with Crippen molar-refractivity contribution in [2.45, 2.75) is 26.4 Å². The van der Waals surface area contributed by atoms with Gasteiger partial charge in [-0.15, -0.1) is 0 Å². The molecule has 0 aliphatic rings. The van der Waals surface area contributed by atoms with E-state index in [1.807, 2.05) is 0 Å². The number of hydrogen-bond acceptors (Lipinski definition) is 5. The van der Waals surface area contributed by atoms with E-state index in [9.17, 15) is 9.59 Å². The molecule has 35 heavy (non-hydrogen) atoms. The zero-order valence-corrected chi connectivity index (χ0v) is 20.6. The minimum absolute atomic E-state index is 0.196. The molecule has 0 aromatic heterocycles. The summed E-state index contributed by atoms with van der Waals surface area (Å²) < 4.78 is 11.3. The molecule has 0 bridgehead atoms. The number of unbranched alkanes of at least 4 members (excludes halogenated alkanes) is 1. The number of carbonyl (C=O) groups excluding carboxylic acids is 2. The summed E-state index contributed by atoms with van der Waals surface area (Å²) in [5.74, 6) is -0.469. The fraction of sp³-hybridized carbons (Fsp3) is 0.192. The number of amides is 2. The molecule has 3 rings (SSSR count). The lowest BCUT2D eigenvalue weighted by Gasteiger charge is -2.10.